The number of hydrogen-bond donors (Lipinski definition) is 0. The van der Waals surface area contributed by atoms with Gasteiger partial charge in [-0.2, -0.15) is 0 Å². The van der Waals surface area contributed by atoms with E-state index >= 15 is 0 Å². The number of aliphatic carboxylic acids is 1. The van der Waals surface area contributed by atoms with E-state index in [1.165, 1.54) is 0 Å². The van der Waals surface area contributed by atoms with Crippen LogP contribution < -0.4 is 5.11 Å². The molecule has 0 saturated heterocycles. The van der Waals surface area contributed by atoms with Gasteiger partial charge >= 0.3 is 0 Å². The molecule has 0 atom stereocenters. The van der Waals surface area contributed by atoms with Gasteiger partial charge in [-0.1, -0.05) is 6.58 Å². The third kappa shape index (κ3) is 9.72. The molecule has 0 amide bonds. The van der Waals surface area contributed by atoms with Gasteiger partial charge in [-0.05, 0) is 6.08 Å². The molecule has 0 spiro atoms. The Morgan fingerprint density at radius 3 is 2.00 bits per heavy atom. The lowest BCUT2D eigenvalue weighted by Gasteiger charge is -1.81. The maximum atomic E-state index is 9.14. The molecule has 0 fully saturated rings. The van der Waals surface area contributed by atoms with Gasteiger partial charge in [0.1, 0.15) is 0 Å². The maximum absolute atomic E-state index is 9.14. The molecule has 2 nitrogen and oxygen atoms in total. The van der Waals surface area contributed by atoms with Gasteiger partial charge in [-0.25, -0.2) is 0 Å². The zero-order valence-electron chi connectivity index (χ0n) is 3.05. The molecule has 0 aromatic rings. The van der Waals surface area contributed by atoms with E-state index in [1.54, 1.807) is 0 Å². The molecule has 0 rings (SSSR count). The Kier molecular flexibility index (Phi) is 6.82. The van der Waals surface area contributed by atoms with E-state index < -0.39 is 5.97 Å². The molecule has 6 heavy (non-hydrogen) atoms. The summed E-state index contributed by atoms with van der Waals surface area (Å²) in [5.41, 5.74) is 0. The molecule has 3 heteroatoms. The summed E-state index contributed by atoms with van der Waals surface area (Å²) in [4.78, 5) is 9.14. The number of rotatable bonds is 1. The zero-order chi connectivity index (χ0) is 4.28. The Hall–Kier alpha value is -0.500. The highest BCUT2D eigenvalue weighted by Gasteiger charge is 1.55. The van der Waals surface area contributed by atoms with Crippen LogP contribution in [-0.2, 0) is 4.79 Å². The lowest BCUT2D eigenvalue weighted by Crippen LogP contribution is -2.17. The van der Waals surface area contributed by atoms with Crippen LogP contribution in [0.15, 0.2) is 12.7 Å². The molecule has 0 aliphatic rings. The van der Waals surface area contributed by atoms with Crippen molar-refractivity contribution in [2.75, 3.05) is 0 Å². The third-order valence-electron chi connectivity index (χ3n) is 0.167. The predicted molar refractivity (Wildman–Crippen MR) is 18.0 cm³/mol. The second-order valence-electron chi connectivity index (χ2n) is 0.523. The Labute approximate surface area is 41.9 Å². The van der Waals surface area contributed by atoms with E-state index in [1.807, 2.05) is 0 Å². The van der Waals surface area contributed by atoms with Gasteiger partial charge in [0.05, 0.1) is 18.4 Å². The van der Waals surface area contributed by atoms with E-state index in [9.17, 15) is 0 Å². The van der Waals surface area contributed by atoms with Crippen LogP contribution in [0.2, 0.25) is 0 Å². The first kappa shape index (κ1) is 9.09. The fourth-order valence-electron chi connectivity index (χ4n) is 0. The van der Waals surface area contributed by atoms with Crippen LogP contribution in [0.1, 0.15) is 0 Å². The zero-order valence-corrected chi connectivity index (χ0v) is 3.94. The van der Waals surface area contributed by atoms with E-state index in [4.69, 9.17) is 9.90 Å². The van der Waals surface area contributed by atoms with Gasteiger partial charge in [0.25, 0.3) is 0 Å². The molecule has 36 valence electrons. The standard InChI is InChI=1S/C3H4O2.ClH2/c1-2-3(4)5;/h2H,1H2,(H,4,5);1H2/q;+1/p-1. The fraction of sp³-hybridized carbons (Fsp3) is 0. The van der Waals surface area contributed by atoms with Gasteiger partial charge < -0.3 is 9.90 Å². The first-order chi connectivity index (χ1) is 2.27. The van der Waals surface area contributed by atoms with E-state index in [2.05, 4.69) is 6.58 Å². The van der Waals surface area contributed by atoms with Crippen molar-refractivity contribution < 1.29 is 22.3 Å². The highest BCUT2D eigenvalue weighted by atomic mass is 35.5. The summed E-state index contributed by atoms with van der Waals surface area (Å²) in [6, 6.07) is 0. The fourth-order valence-corrected chi connectivity index (χ4v) is 0. The minimum absolute atomic E-state index is 0. The summed E-state index contributed by atoms with van der Waals surface area (Å²) in [6.07, 6.45) is 0.722. The van der Waals surface area contributed by atoms with Crippen molar-refractivity contribution in [2.45, 2.75) is 0 Å². The second-order valence-corrected chi connectivity index (χ2v) is 0.523. The van der Waals surface area contributed by atoms with Crippen LogP contribution in [0.5, 0.6) is 0 Å². The number of carboxylic acid groups (broad SMARTS) is 1. The molecule has 0 saturated carbocycles. The second kappa shape index (κ2) is 4.50. The van der Waals surface area contributed by atoms with E-state index in [0.717, 1.165) is 6.08 Å². The summed E-state index contributed by atoms with van der Waals surface area (Å²) < 4.78 is 0. The topological polar surface area (TPSA) is 40.1 Å². The molecule has 0 bridgehead atoms. The predicted octanol–water partition coefficient (Wildman–Crippen LogP) is -1.61. The summed E-state index contributed by atoms with van der Waals surface area (Å²) in [7, 11) is 0. The number of halogens is 1. The Balaban J connectivity index is 0. The van der Waals surface area contributed by atoms with Crippen molar-refractivity contribution in [1.29, 1.82) is 0 Å². The van der Waals surface area contributed by atoms with Crippen molar-refractivity contribution in [1.82, 2.24) is 0 Å². The van der Waals surface area contributed by atoms with Gasteiger partial charge in [0, 0.05) is 0 Å². The lowest BCUT2D eigenvalue weighted by molar-refractivity contribution is -0.297. The highest BCUT2D eigenvalue weighted by Crippen LogP contribution is 1.47. The molecule has 0 aromatic carbocycles. The molecule has 0 heterocycles. The van der Waals surface area contributed by atoms with Gasteiger partial charge in [0.2, 0.25) is 0 Å². The quantitative estimate of drug-likeness (QED) is 0.379. The molecule has 0 N–H and O–H groups in total. The summed E-state index contributed by atoms with van der Waals surface area (Å²) in [6.45, 7) is 2.90. The lowest BCUT2D eigenvalue weighted by atomic mass is 10.7. The van der Waals surface area contributed by atoms with Crippen LogP contribution in [-0.4, -0.2) is 5.97 Å². The first-order valence-corrected chi connectivity index (χ1v) is 1.11. The smallest absolute Gasteiger partial charge is 0.0903 e. The average Bonchev–Trinajstić information content (AvgIpc) is 1.38. The Morgan fingerprint density at radius 1 is 1.83 bits per heavy atom. The summed E-state index contributed by atoms with van der Waals surface area (Å²) in [5.74, 6) is -1.23. The van der Waals surface area contributed by atoms with Gasteiger partial charge in [-0.3, -0.25) is 0 Å². The van der Waals surface area contributed by atoms with E-state index in [-0.39, 0.29) is 12.4 Å². The van der Waals surface area contributed by atoms with Crippen molar-refractivity contribution in [2.24, 2.45) is 0 Å². The van der Waals surface area contributed by atoms with Gasteiger partial charge in [-0.15, -0.1) is 0 Å². The van der Waals surface area contributed by atoms with Crippen molar-refractivity contribution in [3.05, 3.63) is 12.7 Å². The summed E-state index contributed by atoms with van der Waals surface area (Å²) >= 11 is 0. The number of carbonyl (C=O) groups excluding carboxylic acids is 1. The molecule has 0 aromatic heterocycles. The first-order valence-electron chi connectivity index (χ1n) is 1.11. The molecule has 0 aliphatic carbocycles. The molecule has 0 aliphatic heterocycles. The summed E-state index contributed by atoms with van der Waals surface area (Å²) in [5, 5.41) is 9.14. The van der Waals surface area contributed by atoms with Crippen molar-refractivity contribution >= 4 is 5.97 Å². The number of carbonyl (C=O) groups is 1. The van der Waals surface area contributed by atoms with Crippen LogP contribution in [0, 0.1) is 12.4 Å². The number of hydrogen-bond acceptors (Lipinski definition) is 2. The van der Waals surface area contributed by atoms with Crippen molar-refractivity contribution in [3.63, 3.8) is 0 Å². The van der Waals surface area contributed by atoms with Crippen LogP contribution in [0.4, 0.5) is 0 Å². The Morgan fingerprint density at radius 2 is 2.00 bits per heavy atom. The minimum atomic E-state index is -1.23. The average molecular weight is 109 g/mol. The van der Waals surface area contributed by atoms with E-state index in [0.29, 0.717) is 0 Å². The van der Waals surface area contributed by atoms with Gasteiger partial charge in [0.15, 0.2) is 0 Å². The largest absolute Gasteiger partial charge is 0.545 e. The normalized spacial score (nSPS) is 5.33. The minimum Gasteiger partial charge on any atom is -0.545 e. The molecule has 0 unspecified atom stereocenters. The monoisotopic (exact) mass is 108 g/mol. The van der Waals surface area contributed by atoms with Crippen LogP contribution in [0.3, 0.4) is 0 Å². The molecular formula is C3H5ClO2. The molecular weight excluding hydrogens is 103 g/mol. The Bertz CT molecular complexity index is 59.8. The number of carboxylic acids is 1. The molecule has 0 radical (unpaired) electrons. The van der Waals surface area contributed by atoms with Crippen LogP contribution >= 0.6 is 0 Å². The van der Waals surface area contributed by atoms with Crippen molar-refractivity contribution in [3.8, 4) is 0 Å². The maximum Gasteiger partial charge on any atom is 0.0903 e. The third-order valence-corrected chi connectivity index (χ3v) is 0.167. The SMILES string of the molecule is C=CC(=O)[O-].[ClH2+]. The highest BCUT2D eigenvalue weighted by molar-refractivity contribution is 5.76. The van der Waals surface area contributed by atoms with Crippen LogP contribution in [0.25, 0.3) is 0 Å².